The Morgan fingerprint density at radius 2 is 2.00 bits per heavy atom. The first-order valence-electron chi connectivity index (χ1n) is 5.45. The number of aromatic amines is 1. The average molecular weight is 257 g/mol. The van der Waals surface area contributed by atoms with E-state index in [9.17, 15) is 0 Å². The third kappa shape index (κ3) is 1.76. The lowest BCUT2D eigenvalue weighted by Gasteiger charge is -1.94. The van der Waals surface area contributed by atoms with E-state index in [1.807, 2.05) is 37.3 Å². The largest absolute Gasteiger partial charge is 0.389 e. The number of benzene rings is 1. The number of nitrogen functional groups attached to an aromatic ring is 1. The molecule has 0 saturated heterocycles. The van der Waals surface area contributed by atoms with Gasteiger partial charge in [0.25, 0.3) is 0 Å². The topological polar surface area (TPSA) is 80.5 Å². The molecule has 0 unspecified atom stereocenters. The van der Waals surface area contributed by atoms with E-state index in [-0.39, 0.29) is 0 Å². The highest BCUT2D eigenvalue weighted by Gasteiger charge is 2.15. The third-order valence-electron chi connectivity index (χ3n) is 2.64. The van der Waals surface area contributed by atoms with Crippen LogP contribution in [0.3, 0.4) is 0 Å². The minimum atomic E-state index is 0.656. The van der Waals surface area contributed by atoms with Gasteiger partial charge in [-0.25, -0.2) is 4.98 Å². The Kier molecular flexibility index (Phi) is 2.56. The van der Waals surface area contributed by atoms with Gasteiger partial charge in [-0.2, -0.15) is 9.47 Å². The zero-order valence-corrected chi connectivity index (χ0v) is 10.5. The minimum Gasteiger partial charge on any atom is -0.389 e. The molecule has 0 aliphatic rings. The number of hydrogen-bond donors (Lipinski definition) is 2. The first-order chi connectivity index (χ1) is 8.75. The van der Waals surface area contributed by atoms with Crippen molar-refractivity contribution in [1.82, 2.24) is 19.6 Å². The molecule has 0 aliphatic heterocycles. The normalized spacial score (nSPS) is 10.7. The SMILES string of the molecule is Cc1nsc(N)c1-c1nc(-c2ccccc2)n[nH]1. The summed E-state index contributed by atoms with van der Waals surface area (Å²) in [6.45, 7) is 1.91. The Hall–Kier alpha value is -2.21. The monoisotopic (exact) mass is 257 g/mol. The molecule has 0 saturated carbocycles. The number of nitrogens with two attached hydrogens (primary N) is 1. The van der Waals surface area contributed by atoms with Crippen LogP contribution in [0.5, 0.6) is 0 Å². The third-order valence-corrected chi connectivity index (χ3v) is 3.41. The van der Waals surface area contributed by atoms with Crippen molar-refractivity contribution in [2.45, 2.75) is 6.92 Å². The molecular weight excluding hydrogens is 246 g/mol. The van der Waals surface area contributed by atoms with Gasteiger partial charge in [-0.05, 0) is 18.5 Å². The van der Waals surface area contributed by atoms with Gasteiger partial charge < -0.3 is 5.73 Å². The fourth-order valence-corrected chi connectivity index (χ4v) is 2.43. The van der Waals surface area contributed by atoms with Crippen molar-refractivity contribution in [1.29, 1.82) is 0 Å². The Bertz CT molecular complexity index is 651. The maximum absolute atomic E-state index is 5.89. The smallest absolute Gasteiger partial charge is 0.181 e. The molecule has 18 heavy (non-hydrogen) atoms. The second-order valence-electron chi connectivity index (χ2n) is 3.88. The highest BCUT2D eigenvalue weighted by Crippen LogP contribution is 2.30. The van der Waals surface area contributed by atoms with Crippen LogP contribution in [-0.4, -0.2) is 19.6 Å². The van der Waals surface area contributed by atoms with E-state index >= 15 is 0 Å². The van der Waals surface area contributed by atoms with E-state index < -0.39 is 0 Å². The number of aryl methyl sites for hydroxylation is 1. The van der Waals surface area contributed by atoms with E-state index in [4.69, 9.17) is 5.73 Å². The van der Waals surface area contributed by atoms with E-state index in [0.717, 1.165) is 16.8 Å². The molecule has 3 aromatic rings. The van der Waals surface area contributed by atoms with Gasteiger partial charge in [-0.3, -0.25) is 5.10 Å². The van der Waals surface area contributed by atoms with Gasteiger partial charge >= 0.3 is 0 Å². The van der Waals surface area contributed by atoms with Crippen molar-refractivity contribution in [2.75, 3.05) is 5.73 Å². The quantitative estimate of drug-likeness (QED) is 0.739. The number of hydrogen-bond acceptors (Lipinski definition) is 5. The molecule has 0 aliphatic carbocycles. The molecule has 0 atom stereocenters. The number of aromatic nitrogens is 4. The fraction of sp³-hybridized carbons (Fsp3) is 0.0833. The molecule has 90 valence electrons. The van der Waals surface area contributed by atoms with Crippen LogP contribution in [0, 0.1) is 6.92 Å². The second kappa shape index (κ2) is 4.23. The van der Waals surface area contributed by atoms with Crippen molar-refractivity contribution < 1.29 is 0 Å². The molecule has 3 N–H and O–H groups in total. The molecule has 3 rings (SSSR count). The van der Waals surface area contributed by atoms with Crippen molar-refractivity contribution in [3.8, 4) is 22.8 Å². The molecule has 0 fully saturated rings. The standard InChI is InChI=1S/C12H11N5S/c1-7-9(10(13)18-17-7)12-14-11(15-16-12)8-5-3-2-4-6-8/h2-6H,13H2,1H3,(H,14,15,16). The molecule has 2 heterocycles. The number of rotatable bonds is 2. The molecule has 6 heteroatoms. The zero-order chi connectivity index (χ0) is 12.5. The summed E-state index contributed by atoms with van der Waals surface area (Å²) in [4.78, 5) is 4.46. The van der Waals surface area contributed by atoms with E-state index in [0.29, 0.717) is 16.6 Å². The van der Waals surface area contributed by atoms with Crippen molar-refractivity contribution in [2.24, 2.45) is 0 Å². The highest BCUT2D eigenvalue weighted by molar-refractivity contribution is 7.10. The van der Waals surface area contributed by atoms with Crippen molar-refractivity contribution in [3.05, 3.63) is 36.0 Å². The first kappa shape index (κ1) is 10.9. The summed E-state index contributed by atoms with van der Waals surface area (Å²) in [5.74, 6) is 1.33. The lowest BCUT2D eigenvalue weighted by molar-refractivity contribution is 1.10. The molecular formula is C12H11N5S. The Balaban J connectivity index is 2.05. The van der Waals surface area contributed by atoms with Gasteiger partial charge in [-0.15, -0.1) is 0 Å². The predicted octanol–water partition coefficient (Wildman–Crippen LogP) is 2.49. The molecule has 0 bridgehead atoms. The minimum absolute atomic E-state index is 0.656. The van der Waals surface area contributed by atoms with Crippen LogP contribution in [0.2, 0.25) is 0 Å². The maximum atomic E-state index is 5.89. The van der Waals surface area contributed by atoms with Crippen LogP contribution in [0.15, 0.2) is 30.3 Å². The summed E-state index contributed by atoms with van der Waals surface area (Å²) in [7, 11) is 0. The highest BCUT2D eigenvalue weighted by atomic mass is 32.1. The molecule has 0 amide bonds. The summed E-state index contributed by atoms with van der Waals surface area (Å²) in [6, 6.07) is 9.81. The Morgan fingerprint density at radius 3 is 2.67 bits per heavy atom. The van der Waals surface area contributed by atoms with Crippen molar-refractivity contribution >= 4 is 16.5 Å². The van der Waals surface area contributed by atoms with Gasteiger partial charge in [-0.1, -0.05) is 30.3 Å². The molecule has 1 aromatic carbocycles. The summed E-state index contributed by atoms with van der Waals surface area (Å²) < 4.78 is 4.20. The van der Waals surface area contributed by atoms with E-state index in [2.05, 4.69) is 19.6 Å². The lowest BCUT2D eigenvalue weighted by Crippen LogP contribution is -1.88. The van der Waals surface area contributed by atoms with E-state index in [1.54, 1.807) is 0 Å². The summed E-state index contributed by atoms with van der Waals surface area (Å²) in [6.07, 6.45) is 0. The second-order valence-corrected chi connectivity index (χ2v) is 4.69. The van der Waals surface area contributed by atoms with Gasteiger partial charge in [0.1, 0.15) is 5.00 Å². The van der Waals surface area contributed by atoms with Crippen LogP contribution >= 0.6 is 11.5 Å². The molecule has 2 aromatic heterocycles. The molecule has 0 radical (unpaired) electrons. The number of nitrogens with zero attached hydrogens (tertiary/aromatic N) is 3. The van der Waals surface area contributed by atoms with Gasteiger partial charge in [0, 0.05) is 5.56 Å². The summed E-state index contributed by atoms with van der Waals surface area (Å²) >= 11 is 1.27. The van der Waals surface area contributed by atoms with Crippen LogP contribution in [0.25, 0.3) is 22.8 Å². The van der Waals surface area contributed by atoms with Gasteiger partial charge in [0.05, 0.1) is 11.3 Å². The lowest BCUT2D eigenvalue weighted by atomic mass is 10.2. The maximum Gasteiger partial charge on any atom is 0.181 e. The van der Waals surface area contributed by atoms with Crippen LogP contribution in [0.1, 0.15) is 5.69 Å². The molecule has 5 nitrogen and oxygen atoms in total. The van der Waals surface area contributed by atoms with Gasteiger partial charge in [0.2, 0.25) is 0 Å². The van der Waals surface area contributed by atoms with Gasteiger partial charge in [0.15, 0.2) is 11.6 Å². The molecule has 0 spiro atoms. The first-order valence-corrected chi connectivity index (χ1v) is 6.23. The average Bonchev–Trinajstić information content (AvgIpc) is 2.98. The number of nitrogens with one attached hydrogen (secondary N) is 1. The number of anilines is 1. The van der Waals surface area contributed by atoms with Crippen LogP contribution < -0.4 is 5.73 Å². The summed E-state index contributed by atoms with van der Waals surface area (Å²) in [5.41, 5.74) is 8.57. The Morgan fingerprint density at radius 1 is 1.22 bits per heavy atom. The van der Waals surface area contributed by atoms with E-state index in [1.165, 1.54) is 11.5 Å². The predicted molar refractivity (Wildman–Crippen MR) is 72.1 cm³/mol. The van der Waals surface area contributed by atoms with Crippen molar-refractivity contribution in [3.63, 3.8) is 0 Å². The Labute approximate surface area is 108 Å². The van der Waals surface area contributed by atoms with Crippen LogP contribution in [-0.2, 0) is 0 Å². The summed E-state index contributed by atoms with van der Waals surface area (Å²) in [5, 5.41) is 7.78. The van der Waals surface area contributed by atoms with Crippen LogP contribution in [0.4, 0.5) is 5.00 Å². The fourth-order valence-electron chi connectivity index (χ4n) is 1.77. The number of H-pyrrole nitrogens is 1. The zero-order valence-electron chi connectivity index (χ0n) is 9.71.